The molecule has 0 bridgehead atoms. The SMILES string of the molecule is C/C1=C(\C(=O)O)C2=C[C@@H]2/C=C\CC1. The van der Waals surface area contributed by atoms with Crippen molar-refractivity contribution >= 4 is 5.97 Å². The van der Waals surface area contributed by atoms with E-state index in [0.29, 0.717) is 11.5 Å². The summed E-state index contributed by atoms with van der Waals surface area (Å²) in [5, 5.41) is 9.00. The average molecular weight is 176 g/mol. The number of hydrogen-bond acceptors (Lipinski definition) is 1. The van der Waals surface area contributed by atoms with E-state index >= 15 is 0 Å². The Morgan fingerprint density at radius 2 is 2.38 bits per heavy atom. The molecule has 2 nitrogen and oxygen atoms in total. The van der Waals surface area contributed by atoms with Crippen LogP contribution < -0.4 is 0 Å². The highest BCUT2D eigenvalue weighted by Gasteiger charge is 2.31. The Kier molecular flexibility index (Phi) is 1.83. The highest BCUT2D eigenvalue weighted by Crippen LogP contribution is 2.40. The number of aliphatic carboxylic acids is 1. The van der Waals surface area contributed by atoms with Crippen LogP contribution in [0.15, 0.2) is 34.9 Å². The summed E-state index contributed by atoms with van der Waals surface area (Å²) in [5.74, 6) is -0.470. The highest BCUT2D eigenvalue weighted by molar-refractivity contribution is 5.95. The van der Waals surface area contributed by atoms with Gasteiger partial charge in [0.15, 0.2) is 0 Å². The Bertz CT molecular complexity index is 345. The van der Waals surface area contributed by atoms with Crippen LogP contribution in [0, 0.1) is 5.92 Å². The third-order valence-corrected chi connectivity index (χ3v) is 2.57. The van der Waals surface area contributed by atoms with Crippen LogP contribution in [-0.4, -0.2) is 11.1 Å². The van der Waals surface area contributed by atoms with Crippen LogP contribution in [-0.2, 0) is 4.79 Å². The van der Waals surface area contributed by atoms with Gasteiger partial charge in [0.1, 0.15) is 0 Å². The largest absolute Gasteiger partial charge is 0.478 e. The van der Waals surface area contributed by atoms with E-state index in [2.05, 4.69) is 12.2 Å². The van der Waals surface area contributed by atoms with Gasteiger partial charge in [0.25, 0.3) is 0 Å². The third kappa shape index (κ3) is 1.44. The van der Waals surface area contributed by atoms with Gasteiger partial charge in [-0.3, -0.25) is 0 Å². The lowest BCUT2D eigenvalue weighted by Gasteiger charge is -2.07. The van der Waals surface area contributed by atoms with Crippen molar-refractivity contribution in [2.24, 2.45) is 5.92 Å². The molecule has 2 aliphatic carbocycles. The Morgan fingerprint density at radius 3 is 3.08 bits per heavy atom. The lowest BCUT2D eigenvalue weighted by atomic mass is 9.98. The van der Waals surface area contributed by atoms with Crippen LogP contribution in [0.1, 0.15) is 19.8 Å². The zero-order valence-electron chi connectivity index (χ0n) is 7.58. The molecule has 0 radical (unpaired) electrons. The van der Waals surface area contributed by atoms with Crippen molar-refractivity contribution < 1.29 is 9.90 Å². The maximum atomic E-state index is 10.9. The molecular formula is C11H12O2. The van der Waals surface area contributed by atoms with Gasteiger partial charge in [-0.1, -0.05) is 23.8 Å². The van der Waals surface area contributed by atoms with Crippen LogP contribution in [0.3, 0.4) is 0 Å². The van der Waals surface area contributed by atoms with Gasteiger partial charge in [-0.05, 0) is 25.3 Å². The molecule has 13 heavy (non-hydrogen) atoms. The fourth-order valence-corrected chi connectivity index (χ4v) is 1.77. The van der Waals surface area contributed by atoms with Gasteiger partial charge >= 0.3 is 5.97 Å². The van der Waals surface area contributed by atoms with E-state index in [9.17, 15) is 4.79 Å². The minimum atomic E-state index is -0.776. The van der Waals surface area contributed by atoms with Crippen molar-refractivity contribution in [3.05, 3.63) is 34.9 Å². The van der Waals surface area contributed by atoms with Crippen LogP contribution in [0.2, 0.25) is 0 Å². The number of carbonyl (C=O) groups is 1. The quantitative estimate of drug-likeness (QED) is 0.622. The normalized spacial score (nSPS) is 33.9. The molecule has 1 N–H and O–H groups in total. The van der Waals surface area contributed by atoms with Crippen LogP contribution in [0.25, 0.3) is 0 Å². The fraction of sp³-hybridized carbons (Fsp3) is 0.364. The molecule has 0 aromatic heterocycles. The Hall–Kier alpha value is -1.31. The number of carboxylic acids is 1. The van der Waals surface area contributed by atoms with Gasteiger partial charge in [-0.2, -0.15) is 0 Å². The summed E-state index contributed by atoms with van der Waals surface area (Å²) in [6.45, 7) is 1.92. The summed E-state index contributed by atoms with van der Waals surface area (Å²) in [6.07, 6.45) is 8.05. The van der Waals surface area contributed by atoms with Crippen molar-refractivity contribution in [1.82, 2.24) is 0 Å². The molecule has 0 unspecified atom stereocenters. The molecule has 0 aromatic carbocycles. The first-order chi connectivity index (χ1) is 6.20. The summed E-state index contributed by atoms with van der Waals surface area (Å²) in [4.78, 5) is 10.9. The van der Waals surface area contributed by atoms with Crippen molar-refractivity contribution in [3.63, 3.8) is 0 Å². The molecule has 0 saturated carbocycles. The molecule has 0 aromatic rings. The molecule has 2 rings (SSSR count). The first-order valence-electron chi connectivity index (χ1n) is 4.52. The van der Waals surface area contributed by atoms with E-state index in [1.54, 1.807) is 0 Å². The van der Waals surface area contributed by atoms with Gasteiger partial charge in [0, 0.05) is 5.92 Å². The van der Waals surface area contributed by atoms with Crippen molar-refractivity contribution in [1.29, 1.82) is 0 Å². The lowest BCUT2D eigenvalue weighted by Crippen LogP contribution is -2.04. The minimum Gasteiger partial charge on any atom is -0.478 e. The van der Waals surface area contributed by atoms with E-state index in [1.807, 2.05) is 13.0 Å². The monoisotopic (exact) mass is 176 g/mol. The highest BCUT2D eigenvalue weighted by atomic mass is 16.4. The first kappa shape index (κ1) is 8.30. The third-order valence-electron chi connectivity index (χ3n) is 2.57. The first-order valence-corrected chi connectivity index (χ1v) is 4.52. The van der Waals surface area contributed by atoms with Gasteiger partial charge in [0.2, 0.25) is 0 Å². The number of rotatable bonds is 1. The van der Waals surface area contributed by atoms with Gasteiger partial charge < -0.3 is 5.11 Å². The number of carboxylic acid groups (broad SMARTS) is 1. The molecule has 1 atom stereocenters. The van der Waals surface area contributed by atoms with Crippen molar-refractivity contribution in [2.45, 2.75) is 19.8 Å². The van der Waals surface area contributed by atoms with Crippen LogP contribution in [0.5, 0.6) is 0 Å². The molecule has 0 amide bonds. The molecule has 0 fully saturated rings. The van der Waals surface area contributed by atoms with E-state index in [0.717, 1.165) is 24.0 Å². The molecule has 68 valence electrons. The van der Waals surface area contributed by atoms with E-state index < -0.39 is 5.97 Å². The van der Waals surface area contributed by atoms with Gasteiger partial charge in [0.05, 0.1) is 5.57 Å². The standard InChI is InChI=1S/C11H12O2/c1-7-4-2-3-5-8-6-9(8)10(7)11(12)13/h3,5-6,8H,2,4H2,1H3,(H,12,13)/b5-3-,10-7+/t8-/m0/s1. The van der Waals surface area contributed by atoms with Gasteiger partial charge in [-0.15, -0.1) is 0 Å². The molecule has 0 heterocycles. The molecule has 0 spiro atoms. The molecular weight excluding hydrogens is 164 g/mol. The zero-order chi connectivity index (χ0) is 9.42. The van der Waals surface area contributed by atoms with E-state index in [4.69, 9.17) is 5.11 Å². The second-order valence-corrected chi connectivity index (χ2v) is 3.58. The summed E-state index contributed by atoms with van der Waals surface area (Å²) < 4.78 is 0. The molecule has 0 aliphatic heterocycles. The molecule has 2 aliphatic rings. The Labute approximate surface area is 77.3 Å². The summed E-state index contributed by atoms with van der Waals surface area (Å²) in [7, 11) is 0. The van der Waals surface area contributed by atoms with Crippen LogP contribution in [0.4, 0.5) is 0 Å². The smallest absolute Gasteiger partial charge is 0.335 e. The van der Waals surface area contributed by atoms with Crippen molar-refractivity contribution in [2.75, 3.05) is 0 Å². The maximum Gasteiger partial charge on any atom is 0.335 e. The van der Waals surface area contributed by atoms with Crippen molar-refractivity contribution in [3.8, 4) is 0 Å². The topological polar surface area (TPSA) is 37.3 Å². The van der Waals surface area contributed by atoms with E-state index in [-0.39, 0.29) is 0 Å². The maximum absolute atomic E-state index is 10.9. The van der Waals surface area contributed by atoms with Gasteiger partial charge in [-0.25, -0.2) is 4.79 Å². The lowest BCUT2D eigenvalue weighted by molar-refractivity contribution is -0.132. The summed E-state index contributed by atoms with van der Waals surface area (Å²) in [6, 6.07) is 0. The number of fused-ring (bicyclic) bond motifs is 1. The van der Waals surface area contributed by atoms with E-state index in [1.165, 1.54) is 0 Å². The predicted octanol–water partition coefficient (Wildman–Crippen LogP) is 2.29. The summed E-state index contributed by atoms with van der Waals surface area (Å²) >= 11 is 0. The zero-order valence-corrected chi connectivity index (χ0v) is 7.58. The molecule has 2 heteroatoms. The molecule has 0 saturated heterocycles. The number of hydrogen-bond donors (Lipinski definition) is 1. The number of allylic oxidation sites excluding steroid dienone is 4. The predicted molar refractivity (Wildman–Crippen MR) is 50.3 cm³/mol. The second kappa shape index (κ2) is 2.87. The average Bonchev–Trinajstić information content (AvgIpc) is 2.73. The second-order valence-electron chi connectivity index (χ2n) is 3.58. The Balaban J connectivity index is 2.33. The summed E-state index contributed by atoms with van der Waals surface area (Å²) in [5.41, 5.74) is 2.56. The fourth-order valence-electron chi connectivity index (χ4n) is 1.77. The minimum absolute atomic E-state index is 0.307. The Morgan fingerprint density at radius 1 is 1.62 bits per heavy atom. The van der Waals surface area contributed by atoms with Crippen LogP contribution >= 0.6 is 0 Å².